The zero-order chi connectivity index (χ0) is 24.5. The van der Waals surface area contributed by atoms with Gasteiger partial charge in [0.2, 0.25) is 0 Å². The second kappa shape index (κ2) is 12.2. The molecule has 3 aromatic carbocycles. The quantitative estimate of drug-likeness (QED) is 0.362. The van der Waals surface area contributed by atoms with Crippen molar-refractivity contribution in [2.75, 3.05) is 0 Å². The average molecular weight is 517 g/mol. The van der Waals surface area contributed by atoms with E-state index in [1.54, 1.807) is 54.6 Å². The first kappa shape index (κ1) is 25.3. The molecule has 0 saturated carbocycles. The van der Waals surface area contributed by atoms with Gasteiger partial charge in [0.05, 0.1) is 0 Å². The molecule has 0 unspecified atom stereocenters. The zero-order valence-corrected chi connectivity index (χ0v) is 22.0. The summed E-state index contributed by atoms with van der Waals surface area (Å²) in [5, 5.41) is 0. The van der Waals surface area contributed by atoms with Gasteiger partial charge in [0, 0.05) is 0 Å². The molecule has 0 heterocycles. The van der Waals surface area contributed by atoms with Gasteiger partial charge in [-0.15, -0.1) is 0 Å². The van der Waals surface area contributed by atoms with Gasteiger partial charge in [-0.3, -0.25) is 0 Å². The second-order valence-corrected chi connectivity index (χ2v) is 10.4. The third-order valence-electron chi connectivity index (χ3n) is 5.32. The molecule has 0 aromatic heterocycles. The number of carbonyl (C=O) groups excluding carboxylic acids is 3. The fourth-order valence-corrected chi connectivity index (χ4v) is 5.55. The molecule has 0 N–H and O–H groups in total. The summed E-state index contributed by atoms with van der Waals surface area (Å²) in [6.07, 6.45) is 2.24. The number of rotatable bonds is 9. The summed E-state index contributed by atoms with van der Waals surface area (Å²) < 4.78 is 16.5. The standard InChI is InChI=1S/3C9H10O2.Ga/c3*1-2-7-4-3-5-8(6-7)9(10)11;/h3*3-6H,2H2,1H3,(H,10,11);/q;;;+3/p-3. The minimum absolute atomic E-state index is 0.308. The van der Waals surface area contributed by atoms with Crippen molar-refractivity contribution in [2.45, 2.75) is 40.0 Å². The molecular weight excluding hydrogens is 490 g/mol. The molecule has 174 valence electrons. The summed E-state index contributed by atoms with van der Waals surface area (Å²) in [5.41, 5.74) is 3.80. The number of hydrogen-bond acceptors (Lipinski definition) is 6. The van der Waals surface area contributed by atoms with Gasteiger partial charge in [-0.2, -0.15) is 0 Å². The van der Waals surface area contributed by atoms with E-state index in [-0.39, 0.29) is 0 Å². The van der Waals surface area contributed by atoms with E-state index in [4.69, 9.17) is 10.6 Å². The second-order valence-electron chi connectivity index (χ2n) is 7.67. The molecule has 0 fully saturated rings. The van der Waals surface area contributed by atoms with Crippen molar-refractivity contribution in [3.05, 3.63) is 106 Å². The molecule has 0 aliphatic heterocycles. The Morgan fingerprint density at radius 2 is 0.853 bits per heavy atom. The summed E-state index contributed by atoms with van der Waals surface area (Å²) in [7, 11) is 0. The summed E-state index contributed by atoms with van der Waals surface area (Å²) in [5.74, 6) is -2.07. The fourth-order valence-electron chi connectivity index (χ4n) is 3.29. The zero-order valence-electron chi connectivity index (χ0n) is 19.6. The van der Waals surface area contributed by atoms with E-state index in [0.717, 1.165) is 36.0 Å². The van der Waals surface area contributed by atoms with Gasteiger partial charge in [0.25, 0.3) is 0 Å². The summed E-state index contributed by atoms with van der Waals surface area (Å²) in [4.78, 5) is 38.4. The Kier molecular flexibility index (Phi) is 9.13. The van der Waals surface area contributed by atoms with E-state index < -0.39 is 35.2 Å². The topological polar surface area (TPSA) is 78.9 Å². The van der Waals surface area contributed by atoms with Crippen molar-refractivity contribution in [2.24, 2.45) is 0 Å². The summed E-state index contributed by atoms with van der Waals surface area (Å²) in [6.45, 7) is 5.93. The van der Waals surface area contributed by atoms with E-state index in [0.29, 0.717) is 16.7 Å². The molecule has 0 amide bonds. The Morgan fingerprint density at radius 1 is 0.559 bits per heavy atom. The molecule has 0 atom stereocenters. The van der Waals surface area contributed by atoms with Crippen LogP contribution in [0.3, 0.4) is 0 Å². The van der Waals surface area contributed by atoms with Crippen molar-refractivity contribution in [1.29, 1.82) is 0 Å². The van der Waals surface area contributed by atoms with E-state index >= 15 is 0 Å². The molecule has 0 saturated heterocycles. The van der Waals surface area contributed by atoms with Crippen LogP contribution in [0.2, 0.25) is 0 Å². The summed E-state index contributed by atoms with van der Waals surface area (Å²) in [6, 6.07) is 20.9. The van der Waals surface area contributed by atoms with E-state index in [2.05, 4.69) is 0 Å². The first-order chi connectivity index (χ1) is 16.4. The summed E-state index contributed by atoms with van der Waals surface area (Å²) >= 11 is -4.13. The van der Waals surface area contributed by atoms with Crippen LogP contribution in [0.4, 0.5) is 0 Å². The molecule has 6 nitrogen and oxygen atoms in total. The van der Waals surface area contributed by atoms with Crippen LogP contribution in [0.5, 0.6) is 0 Å². The molecule has 3 rings (SSSR count). The Morgan fingerprint density at radius 3 is 1.12 bits per heavy atom. The molecule has 0 aliphatic carbocycles. The predicted molar refractivity (Wildman–Crippen MR) is 129 cm³/mol. The Bertz CT molecular complexity index is 1030. The number of hydrogen-bond donors (Lipinski definition) is 0. The Labute approximate surface area is 206 Å². The van der Waals surface area contributed by atoms with Crippen molar-refractivity contribution in [3.63, 3.8) is 0 Å². The van der Waals surface area contributed by atoms with Gasteiger partial charge in [-0.25, -0.2) is 0 Å². The van der Waals surface area contributed by atoms with Crippen LogP contribution in [-0.4, -0.2) is 35.2 Å². The molecule has 7 heteroatoms. The van der Waals surface area contributed by atoms with E-state index in [1.165, 1.54) is 0 Å². The van der Waals surface area contributed by atoms with Crippen LogP contribution in [0.1, 0.15) is 68.5 Å². The van der Waals surface area contributed by atoms with Crippen LogP contribution in [-0.2, 0) is 29.9 Å². The Hall–Kier alpha value is -3.29. The van der Waals surface area contributed by atoms with Crippen LogP contribution in [0.25, 0.3) is 0 Å². The molecule has 0 aliphatic rings. The number of aryl methyl sites for hydroxylation is 3. The normalized spacial score (nSPS) is 10.3. The predicted octanol–water partition coefficient (Wildman–Crippen LogP) is 5.23. The van der Waals surface area contributed by atoms with Crippen LogP contribution >= 0.6 is 0 Å². The molecule has 34 heavy (non-hydrogen) atoms. The third kappa shape index (κ3) is 6.85. The van der Waals surface area contributed by atoms with Gasteiger partial charge in [0.15, 0.2) is 0 Å². The molecule has 0 radical (unpaired) electrons. The van der Waals surface area contributed by atoms with Crippen molar-refractivity contribution in [1.82, 2.24) is 0 Å². The monoisotopic (exact) mass is 516 g/mol. The van der Waals surface area contributed by atoms with Crippen molar-refractivity contribution < 1.29 is 25.0 Å². The fraction of sp³-hybridized carbons (Fsp3) is 0.222. The third-order valence-corrected chi connectivity index (χ3v) is 7.88. The maximum atomic E-state index is 12.8. The van der Waals surface area contributed by atoms with Crippen LogP contribution in [0, 0.1) is 0 Å². The minimum atomic E-state index is -4.13. The molecular formula is C27H27GaO6. The van der Waals surface area contributed by atoms with Crippen LogP contribution in [0.15, 0.2) is 72.8 Å². The van der Waals surface area contributed by atoms with Gasteiger partial charge >= 0.3 is 206 Å². The Balaban J connectivity index is 1.82. The average Bonchev–Trinajstić information content (AvgIpc) is 2.88. The first-order valence-corrected chi connectivity index (χ1v) is 14.3. The van der Waals surface area contributed by atoms with Gasteiger partial charge < -0.3 is 0 Å². The van der Waals surface area contributed by atoms with Gasteiger partial charge in [-0.1, -0.05) is 0 Å². The number of benzene rings is 3. The maximum absolute atomic E-state index is 12.8. The first-order valence-electron chi connectivity index (χ1n) is 11.3. The van der Waals surface area contributed by atoms with Gasteiger partial charge in [-0.05, 0) is 0 Å². The van der Waals surface area contributed by atoms with Gasteiger partial charge in [0.1, 0.15) is 0 Å². The molecule has 0 bridgehead atoms. The van der Waals surface area contributed by atoms with E-state index in [9.17, 15) is 14.4 Å². The number of carbonyl (C=O) groups is 3. The van der Waals surface area contributed by atoms with E-state index in [1.807, 2.05) is 39.0 Å². The molecule has 3 aromatic rings. The van der Waals surface area contributed by atoms with Crippen molar-refractivity contribution in [3.8, 4) is 0 Å². The molecule has 0 spiro atoms. The SMILES string of the molecule is CCc1cccc(C(=O)[O][Ga]([O]C(=O)c2cccc(CC)c2)[O]C(=O)c2cccc(CC)c2)c1. The van der Waals surface area contributed by atoms with Crippen molar-refractivity contribution >= 4 is 35.2 Å². The van der Waals surface area contributed by atoms with Crippen LogP contribution < -0.4 is 0 Å².